The second kappa shape index (κ2) is 6.87. The van der Waals surface area contributed by atoms with Crippen molar-refractivity contribution in [3.8, 4) is 5.75 Å². The first-order valence-corrected chi connectivity index (χ1v) is 7.76. The lowest BCUT2D eigenvalue weighted by Gasteiger charge is -2.08. The van der Waals surface area contributed by atoms with Crippen molar-refractivity contribution < 1.29 is 23.6 Å². The van der Waals surface area contributed by atoms with Crippen LogP contribution in [-0.4, -0.2) is 15.9 Å². The number of carbonyl (C=O) groups is 1. The molecule has 1 aromatic heterocycles. The number of benzene rings is 2. The number of phenols is 1. The summed E-state index contributed by atoms with van der Waals surface area (Å²) in [5.74, 6) is -1.94. The van der Waals surface area contributed by atoms with E-state index < -0.39 is 39.3 Å². The number of hydrogen-bond donors (Lipinski definition) is 2. The molecule has 0 bridgehead atoms. The van der Waals surface area contributed by atoms with Crippen LogP contribution in [0, 0.1) is 22.9 Å². The summed E-state index contributed by atoms with van der Waals surface area (Å²) in [4.78, 5) is 34.7. The van der Waals surface area contributed by atoms with Crippen LogP contribution in [0.25, 0.3) is 11.0 Å². The Hall–Kier alpha value is -3.75. The van der Waals surface area contributed by atoms with E-state index in [1.54, 1.807) is 6.07 Å². The van der Waals surface area contributed by atoms with Gasteiger partial charge in [0.2, 0.25) is 5.75 Å². The largest absolute Gasteiger partial charge is 0.502 e. The van der Waals surface area contributed by atoms with Gasteiger partial charge in [-0.15, -0.1) is 0 Å². The van der Waals surface area contributed by atoms with Crippen molar-refractivity contribution in [3.63, 3.8) is 0 Å². The molecule has 0 saturated carbocycles. The molecule has 138 valence electrons. The zero-order chi connectivity index (χ0) is 19.7. The number of nitro benzene ring substituents is 1. The molecule has 3 rings (SSSR count). The summed E-state index contributed by atoms with van der Waals surface area (Å²) in [5, 5.41) is 23.4. The highest BCUT2D eigenvalue weighted by molar-refractivity contribution is 5.97. The van der Waals surface area contributed by atoms with Gasteiger partial charge in [-0.2, -0.15) is 0 Å². The third-order valence-corrected chi connectivity index (χ3v) is 4.05. The normalized spacial score (nSPS) is 10.7. The number of nitrogens with zero attached hydrogens (tertiary/aromatic N) is 1. The van der Waals surface area contributed by atoms with E-state index in [1.165, 1.54) is 25.1 Å². The van der Waals surface area contributed by atoms with Crippen LogP contribution < -0.4 is 10.9 Å². The molecule has 0 aliphatic heterocycles. The molecule has 0 spiro atoms. The maximum Gasteiger partial charge on any atom is 0.349 e. The Balaban J connectivity index is 1.99. The number of carbonyl (C=O) groups excluding carboxylic acids is 1. The summed E-state index contributed by atoms with van der Waals surface area (Å²) in [6.45, 7) is 1.20. The number of rotatable bonds is 4. The van der Waals surface area contributed by atoms with Crippen LogP contribution in [-0.2, 0) is 6.54 Å². The van der Waals surface area contributed by atoms with E-state index in [9.17, 15) is 29.2 Å². The van der Waals surface area contributed by atoms with Crippen LogP contribution in [0.5, 0.6) is 5.75 Å². The Bertz CT molecular complexity index is 1140. The van der Waals surface area contributed by atoms with E-state index in [0.717, 1.165) is 12.1 Å². The first-order valence-electron chi connectivity index (χ1n) is 7.76. The topological polar surface area (TPSA) is 123 Å². The molecule has 0 saturated heterocycles. The summed E-state index contributed by atoms with van der Waals surface area (Å²) < 4.78 is 18.7. The highest BCUT2D eigenvalue weighted by Gasteiger charge is 2.22. The van der Waals surface area contributed by atoms with E-state index in [1.807, 2.05) is 0 Å². The predicted octanol–water partition coefficient (Wildman–Crippen LogP) is 2.78. The van der Waals surface area contributed by atoms with Gasteiger partial charge in [0.25, 0.3) is 5.91 Å². The maximum absolute atomic E-state index is 13.6. The van der Waals surface area contributed by atoms with Crippen LogP contribution >= 0.6 is 0 Å². The number of nitro groups is 1. The van der Waals surface area contributed by atoms with Gasteiger partial charge in [-0.25, -0.2) is 9.18 Å². The molecule has 0 aliphatic carbocycles. The number of nitrogens with one attached hydrogen (secondary N) is 1. The van der Waals surface area contributed by atoms with Gasteiger partial charge in [-0.1, -0.05) is 18.2 Å². The lowest BCUT2D eigenvalue weighted by atomic mass is 10.1. The van der Waals surface area contributed by atoms with E-state index in [2.05, 4.69) is 5.32 Å². The average Bonchev–Trinajstić information content (AvgIpc) is 2.63. The number of halogens is 1. The summed E-state index contributed by atoms with van der Waals surface area (Å²) >= 11 is 0. The van der Waals surface area contributed by atoms with E-state index in [-0.39, 0.29) is 28.6 Å². The van der Waals surface area contributed by atoms with Gasteiger partial charge in [0, 0.05) is 29.1 Å². The van der Waals surface area contributed by atoms with Gasteiger partial charge in [-0.05, 0) is 19.1 Å². The third-order valence-electron chi connectivity index (χ3n) is 4.05. The van der Waals surface area contributed by atoms with Gasteiger partial charge in [0.05, 0.1) is 4.92 Å². The number of aryl methyl sites for hydroxylation is 1. The zero-order valence-electron chi connectivity index (χ0n) is 14.0. The Labute approximate surface area is 151 Å². The fourth-order valence-electron chi connectivity index (χ4n) is 2.61. The number of hydrogen-bond acceptors (Lipinski definition) is 6. The molecular formula is C18H13FN2O6. The quantitative estimate of drug-likeness (QED) is 0.412. The molecule has 8 nitrogen and oxygen atoms in total. The molecule has 2 aromatic carbocycles. The fraction of sp³-hybridized carbons (Fsp3) is 0.111. The lowest BCUT2D eigenvalue weighted by molar-refractivity contribution is -0.385. The molecule has 0 aliphatic rings. The standard InChI is InChI=1S/C18H13FN2O6/c1-9-15(22)14(21(25)26)7-11-6-12(18(24)27-16(9)11)17(23)20-8-10-4-2-3-5-13(10)19/h2-7,22H,8H2,1H3,(H,20,23). The molecule has 2 N–H and O–H groups in total. The van der Waals surface area contributed by atoms with E-state index >= 15 is 0 Å². The van der Waals surface area contributed by atoms with Crippen molar-refractivity contribution in [3.05, 3.63) is 79.4 Å². The molecule has 0 unspecified atom stereocenters. The van der Waals surface area contributed by atoms with Crippen LogP contribution in [0.4, 0.5) is 10.1 Å². The maximum atomic E-state index is 13.6. The second-order valence-electron chi connectivity index (χ2n) is 5.77. The predicted molar refractivity (Wildman–Crippen MR) is 93.1 cm³/mol. The molecule has 1 amide bonds. The van der Waals surface area contributed by atoms with Crippen LogP contribution in [0.15, 0.2) is 45.6 Å². The van der Waals surface area contributed by atoms with Crippen molar-refractivity contribution in [1.82, 2.24) is 5.32 Å². The third kappa shape index (κ3) is 3.34. The van der Waals surface area contributed by atoms with Crippen molar-refractivity contribution in [2.75, 3.05) is 0 Å². The molecule has 1 heterocycles. The number of fused-ring (bicyclic) bond motifs is 1. The van der Waals surface area contributed by atoms with Gasteiger partial charge in [-0.3, -0.25) is 14.9 Å². The Morgan fingerprint density at radius 2 is 2.04 bits per heavy atom. The van der Waals surface area contributed by atoms with Gasteiger partial charge < -0.3 is 14.8 Å². The van der Waals surface area contributed by atoms with Crippen molar-refractivity contribution in [2.45, 2.75) is 13.5 Å². The lowest BCUT2D eigenvalue weighted by Crippen LogP contribution is -2.28. The second-order valence-corrected chi connectivity index (χ2v) is 5.77. The molecule has 27 heavy (non-hydrogen) atoms. The van der Waals surface area contributed by atoms with E-state index in [4.69, 9.17) is 4.42 Å². The zero-order valence-corrected chi connectivity index (χ0v) is 14.0. The summed E-state index contributed by atoms with van der Waals surface area (Å²) in [5.41, 5.74) is -1.77. The minimum absolute atomic E-state index is 0.00890. The molecule has 0 radical (unpaired) electrons. The highest BCUT2D eigenvalue weighted by atomic mass is 19.1. The first kappa shape index (κ1) is 18.1. The van der Waals surface area contributed by atoms with Crippen molar-refractivity contribution in [2.24, 2.45) is 0 Å². The first-order chi connectivity index (χ1) is 12.8. The number of amides is 1. The van der Waals surface area contributed by atoms with Crippen LogP contribution in [0.3, 0.4) is 0 Å². The summed E-state index contributed by atoms with van der Waals surface area (Å²) in [7, 11) is 0. The Morgan fingerprint density at radius 1 is 1.33 bits per heavy atom. The average molecular weight is 372 g/mol. The summed E-state index contributed by atoms with van der Waals surface area (Å²) in [6, 6.07) is 7.96. The molecule has 0 atom stereocenters. The SMILES string of the molecule is Cc1c(O)c([N+](=O)[O-])cc2cc(C(=O)NCc3ccccc3F)c(=O)oc12. The van der Waals surface area contributed by atoms with Gasteiger partial charge in [0.15, 0.2) is 0 Å². The molecular weight excluding hydrogens is 359 g/mol. The molecule has 3 aromatic rings. The van der Waals surface area contributed by atoms with E-state index in [0.29, 0.717) is 0 Å². The highest BCUT2D eigenvalue weighted by Crippen LogP contribution is 2.35. The van der Waals surface area contributed by atoms with Crippen molar-refractivity contribution >= 4 is 22.6 Å². The monoisotopic (exact) mass is 372 g/mol. The minimum atomic E-state index is -0.982. The number of aromatic hydroxyl groups is 1. The van der Waals surface area contributed by atoms with Gasteiger partial charge >= 0.3 is 11.3 Å². The van der Waals surface area contributed by atoms with Gasteiger partial charge in [0.1, 0.15) is 17.0 Å². The van der Waals surface area contributed by atoms with Crippen LogP contribution in [0.1, 0.15) is 21.5 Å². The smallest absolute Gasteiger partial charge is 0.349 e. The summed E-state index contributed by atoms with van der Waals surface area (Å²) in [6.07, 6.45) is 0. The molecule has 9 heteroatoms. The van der Waals surface area contributed by atoms with Crippen molar-refractivity contribution in [1.29, 1.82) is 0 Å². The molecule has 0 fully saturated rings. The van der Waals surface area contributed by atoms with Crippen LogP contribution in [0.2, 0.25) is 0 Å². The number of phenolic OH excluding ortho intramolecular Hbond substituents is 1. The minimum Gasteiger partial charge on any atom is -0.502 e. The Morgan fingerprint density at radius 3 is 2.70 bits per heavy atom. The fourth-order valence-corrected chi connectivity index (χ4v) is 2.61. The Kier molecular flexibility index (Phi) is 4.59.